The van der Waals surface area contributed by atoms with Crippen molar-refractivity contribution < 1.29 is 19.4 Å². The molecular formula is C20H27N3O5. The molecule has 0 bridgehead atoms. The Kier molecular flexibility index (Phi) is 5.88. The number of fused-ring (bicyclic) bond motifs is 1. The summed E-state index contributed by atoms with van der Waals surface area (Å²) in [6, 6.07) is 3.27. The van der Waals surface area contributed by atoms with Crippen molar-refractivity contribution in [3.63, 3.8) is 0 Å². The van der Waals surface area contributed by atoms with Crippen molar-refractivity contribution >= 4 is 16.8 Å². The monoisotopic (exact) mass is 389 g/mol. The first-order valence-electron chi connectivity index (χ1n) is 9.52. The molecule has 1 aliphatic rings. The van der Waals surface area contributed by atoms with Crippen LogP contribution in [0.1, 0.15) is 32.6 Å². The van der Waals surface area contributed by atoms with Crippen molar-refractivity contribution in [2.45, 2.75) is 44.8 Å². The number of ether oxygens (including phenoxy) is 2. The molecule has 2 aromatic rings. The van der Waals surface area contributed by atoms with Gasteiger partial charge >= 0.3 is 0 Å². The van der Waals surface area contributed by atoms with E-state index in [-0.39, 0.29) is 18.0 Å². The van der Waals surface area contributed by atoms with Crippen LogP contribution in [0.15, 0.2) is 23.3 Å². The molecule has 1 aromatic carbocycles. The number of aromatic nitrogens is 2. The van der Waals surface area contributed by atoms with Crippen molar-refractivity contribution in [2.24, 2.45) is 0 Å². The fourth-order valence-corrected chi connectivity index (χ4v) is 3.62. The van der Waals surface area contributed by atoms with Crippen LogP contribution in [-0.2, 0) is 11.3 Å². The summed E-state index contributed by atoms with van der Waals surface area (Å²) in [6.07, 6.45) is 3.64. The molecule has 28 heavy (non-hydrogen) atoms. The highest BCUT2D eigenvalue weighted by Crippen LogP contribution is 2.30. The zero-order chi connectivity index (χ0) is 20.3. The lowest BCUT2D eigenvalue weighted by Crippen LogP contribution is -2.49. The van der Waals surface area contributed by atoms with Gasteiger partial charge in [0, 0.05) is 25.6 Å². The summed E-state index contributed by atoms with van der Waals surface area (Å²) in [6.45, 7) is 3.10. The van der Waals surface area contributed by atoms with Gasteiger partial charge in [-0.2, -0.15) is 0 Å². The third-order valence-electron chi connectivity index (χ3n) is 5.30. The average Bonchev–Trinajstić information content (AvgIpc) is 2.70. The largest absolute Gasteiger partial charge is 0.493 e. The van der Waals surface area contributed by atoms with Gasteiger partial charge in [-0.3, -0.25) is 14.2 Å². The lowest BCUT2D eigenvalue weighted by atomic mass is 9.91. The maximum atomic E-state index is 12.9. The zero-order valence-electron chi connectivity index (χ0n) is 16.6. The molecule has 0 saturated carbocycles. The molecule has 1 fully saturated rings. The summed E-state index contributed by atoms with van der Waals surface area (Å²) in [5, 5.41) is 11.4. The van der Waals surface area contributed by atoms with E-state index in [0.29, 0.717) is 54.8 Å². The Bertz CT molecular complexity index is 916. The van der Waals surface area contributed by atoms with Gasteiger partial charge in [0.25, 0.3) is 5.56 Å². The molecule has 1 aromatic heterocycles. The van der Waals surface area contributed by atoms with Gasteiger partial charge in [-0.05, 0) is 25.3 Å². The molecule has 152 valence electrons. The quantitative estimate of drug-likeness (QED) is 0.806. The van der Waals surface area contributed by atoms with E-state index >= 15 is 0 Å². The number of carbonyl (C=O) groups excluding carboxylic acids is 1. The molecule has 0 spiro atoms. The van der Waals surface area contributed by atoms with E-state index in [4.69, 9.17) is 9.47 Å². The van der Waals surface area contributed by atoms with Gasteiger partial charge in [0.05, 0.1) is 43.6 Å². The second-order valence-corrected chi connectivity index (χ2v) is 7.26. The SMILES string of the molecule is CCCC(=O)N1CCC(O)(Cn2cnc3cc(OC)c(OC)cc3c2=O)CC1. The number of amides is 1. The van der Waals surface area contributed by atoms with Gasteiger partial charge in [0.2, 0.25) is 5.91 Å². The third kappa shape index (κ3) is 3.96. The van der Waals surface area contributed by atoms with E-state index in [1.54, 1.807) is 17.0 Å². The van der Waals surface area contributed by atoms with E-state index < -0.39 is 5.60 Å². The highest BCUT2D eigenvalue weighted by Gasteiger charge is 2.34. The maximum Gasteiger partial charge on any atom is 0.261 e. The predicted octanol–water partition coefficient (Wildman–Crippen LogP) is 1.57. The molecule has 0 aliphatic carbocycles. The number of piperidine rings is 1. The number of benzene rings is 1. The summed E-state index contributed by atoms with van der Waals surface area (Å²) < 4.78 is 12.0. The first-order valence-corrected chi connectivity index (χ1v) is 9.52. The summed E-state index contributed by atoms with van der Waals surface area (Å²) >= 11 is 0. The summed E-state index contributed by atoms with van der Waals surface area (Å²) in [5.41, 5.74) is -0.784. The highest BCUT2D eigenvalue weighted by atomic mass is 16.5. The smallest absolute Gasteiger partial charge is 0.261 e. The number of aliphatic hydroxyl groups is 1. The van der Waals surface area contributed by atoms with E-state index in [9.17, 15) is 14.7 Å². The zero-order valence-corrected chi connectivity index (χ0v) is 16.6. The molecule has 2 heterocycles. The molecule has 1 aliphatic heterocycles. The molecule has 3 rings (SSSR count). The number of nitrogens with zero attached hydrogens (tertiary/aromatic N) is 3. The van der Waals surface area contributed by atoms with E-state index in [2.05, 4.69) is 4.98 Å². The first kappa shape index (κ1) is 20.1. The number of carbonyl (C=O) groups is 1. The first-order chi connectivity index (χ1) is 13.4. The van der Waals surface area contributed by atoms with Gasteiger partial charge < -0.3 is 19.5 Å². The molecule has 0 radical (unpaired) electrons. The summed E-state index contributed by atoms with van der Waals surface area (Å²) in [4.78, 5) is 31.1. The lowest BCUT2D eigenvalue weighted by molar-refractivity contribution is -0.135. The Balaban J connectivity index is 1.82. The molecular weight excluding hydrogens is 362 g/mol. The van der Waals surface area contributed by atoms with Crippen LogP contribution in [0.3, 0.4) is 0 Å². The predicted molar refractivity (Wildman–Crippen MR) is 105 cm³/mol. The van der Waals surface area contributed by atoms with Crippen molar-refractivity contribution in [3.05, 3.63) is 28.8 Å². The molecule has 8 nitrogen and oxygen atoms in total. The van der Waals surface area contributed by atoms with Crippen LogP contribution >= 0.6 is 0 Å². The third-order valence-corrected chi connectivity index (χ3v) is 5.30. The van der Waals surface area contributed by atoms with Crippen LogP contribution in [0.2, 0.25) is 0 Å². The number of hydrogen-bond acceptors (Lipinski definition) is 6. The van der Waals surface area contributed by atoms with Crippen LogP contribution in [0.5, 0.6) is 11.5 Å². The average molecular weight is 389 g/mol. The number of likely N-dealkylation sites (tertiary alicyclic amines) is 1. The van der Waals surface area contributed by atoms with E-state index in [1.807, 2.05) is 6.92 Å². The van der Waals surface area contributed by atoms with Crippen LogP contribution in [-0.4, -0.2) is 58.4 Å². The van der Waals surface area contributed by atoms with E-state index in [0.717, 1.165) is 6.42 Å². The molecule has 0 unspecified atom stereocenters. The summed E-state index contributed by atoms with van der Waals surface area (Å²) in [7, 11) is 3.03. The molecule has 0 atom stereocenters. The number of hydrogen-bond donors (Lipinski definition) is 1. The van der Waals surface area contributed by atoms with Crippen LogP contribution in [0.25, 0.3) is 10.9 Å². The highest BCUT2D eigenvalue weighted by molar-refractivity contribution is 5.81. The van der Waals surface area contributed by atoms with Crippen LogP contribution < -0.4 is 15.0 Å². The Morgan fingerprint density at radius 1 is 1.21 bits per heavy atom. The van der Waals surface area contributed by atoms with Gasteiger partial charge in [-0.25, -0.2) is 4.98 Å². The molecule has 1 amide bonds. The van der Waals surface area contributed by atoms with Crippen molar-refractivity contribution in [3.8, 4) is 11.5 Å². The fraction of sp³-hybridized carbons (Fsp3) is 0.550. The van der Waals surface area contributed by atoms with Crippen molar-refractivity contribution in [1.82, 2.24) is 14.5 Å². The normalized spacial score (nSPS) is 16.2. The topological polar surface area (TPSA) is 93.9 Å². The minimum absolute atomic E-state index is 0.120. The van der Waals surface area contributed by atoms with Gasteiger partial charge in [-0.1, -0.05) is 6.92 Å². The minimum Gasteiger partial charge on any atom is -0.493 e. The second-order valence-electron chi connectivity index (χ2n) is 7.26. The Morgan fingerprint density at radius 2 is 1.86 bits per heavy atom. The van der Waals surface area contributed by atoms with Gasteiger partial charge in [-0.15, -0.1) is 0 Å². The number of rotatable bonds is 6. The lowest BCUT2D eigenvalue weighted by Gasteiger charge is -2.38. The Labute approximate surface area is 163 Å². The van der Waals surface area contributed by atoms with Gasteiger partial charge in [0.15, 0.2) is 11.5 Å². The van der Waals surface area contributed by atoms with Crippen LogP contribution in [0.4, 0.5) is 0 Å². The molecule has 1 saturated heterocycles. The summed E-state index contributed by atoms with van der Waals surface area (Å²) in [5.74, 6) is 1.07. The minimum atomic E-state index is -1.04. The fourth-order valence-electron chi connectivity index (χ4n) is 3.62. The van der Waals surface area contributed by atoms with Gasteiger partial charge in [0.1, 0.15) is 0 Å². The number of methoxy groups -OCH3 is 2. The molecule has 8 heteroatoms. The van der Waals surface area contributed by atoms with E-state index in [1.165, 1.54) is 25.1 Å². The molecule has 1 N–H and O–H groups in total. The standard InChI is InChI=1S/C20H27N3O5/c1-4-5-18(24)22-8-6-20(26,7-9-22)12-23-13-21-15-11-17(28-3)16(27-2)10-14(15)19(23)25/h10-11,13,26H,4-9,12H2,1-3H3. The second kappa shape index (κ2) is 8.18. The maximum absolute atomic E-state index is 12.9. The van der Waals surface area contributed by atoms with Crippen LogP contribution in [0, 0.1) is 0 Å². The van der Waals surface area contributed by atoms with Crippen molar-refractivity contribution in [1.29, 1.82) is 0 Å². The van der Waals surface area contributed by atoms with Crippen molar-refractivity contribution in [2.75, 3.05) is 27.3 Å². The Hall–Kier alpha value is -2.61. The Morgan fingerprint density at radius 3 is 2.46 bits per heavy atom.